The molecule has 3 fully saturated rings. The number of rotatable bonds is 8. The van der Waals surface area contributed by atoms with Crippen LogP contribution in [0.4, 0.5) is 15.9 Å². The molecule has 0 spiro atoms. The molecule has 2 aromatic rings. The number of halogens is 1. The van der Waals surface area contributed by atoms with Gasteiger partial charge in [0.25, 0.3) is 5.91 Å². The van der Waals surface area contributed by atoms with Crippen molar-refractivity contribution in [3.63, 3.8) is 0 Å². The largest absolute Gasteiger partial charge is 0.378 e. The van der Waals surface area contributed by atoms with Gasteiger partial charge in [0.2, 0.25) is 5.91 Å². The second kappa shape index (κ2) is 9.56. The van der Waals surface area contributed by atoms with Crippen LogP contribution < -0.4 is 15.5 Å². The predicted octanol–water partition coefficient (Wildman–Crippen LogP) is 2.74. The summed E-state index contributed by atoms with van der Waals surface area (Å²) in [6.45, 7) is 4.39. The minimum Gasteiger partial charge on any atom is -0.378 e. The van der Waals surface area contributed by atoms with Gasteiger partial charge >= 0.3 is 0 Å². The van der Waals surface area contributed by atoms with Gasteiger partial charge in [-0.05, 0) is 36.2 Å². The SMILES string of the molecule is Cn1nccc1C(=O)N[C@H](C(=O)Nc1cnc(N2CCOCC2)c(F)c1)C(C1CCC1)C1(C)CC1. The second-order valence-electron chi connectivity index (χ2n) is 10.3. The molecule has 10 heteroatoms. The third-order valence-corrected chi connectivity index (χ3v) is 7.88. The molecule has 5 rings (SSSR count). The van der Waals surface area contributed by atoms with Crippen molar-refractivity contribution in [1.29, 1.82) is 0 Å². The van der Waals surface area contributed by atoms with Crippen LogP contribution in [0.1, 0.15) is 49.5 Å². The van der Waals surface area contributed by atoms with Gasteiger partial charge in [0.05, 0.1) is 25.1 Å². The third-order valence-electron chi connectivity index (χ3n) is 7.88. The minimum absolute atomic E-state index is 0.0104. The standard InChI is InChI=1S/C25H33FN6O3/c1-25(7-8-25)20(16-4-3-5-16)21(30-23(33)19-6-9-28-31(19)2)24(34)29-17-14-18(26)22(27-15-17)32-10-12-35-13-11-32/h6,9,14-16,20-21H,3-5,7-8,10-13H2,1-2H3,(H,29,34)(H,30,33)/t20?,21-/m0/s1. The topological polar surface area (TPSA) is 101 Å². The molecule has 1 unspecified atom stereocenters. The molecule has 2 amide bonds. The first-order valence-electron chi connectivity index (χ1n) is 12.4. The number of morpholine rings is 1. The maximum Gasteiger partial charge on any atom is 0.270 e. The Kier molecular flexibility index (Phi) is 6.48. The summed E-state index contributed by atoms with van der Waals surface area (Å²) in [5.74, 6) is -0.533. The van der Waals surface area contributed by atoms with E-state index in [1.54, 1.807) is 19.3 Å². The molecule has 9 nitrogen and oxygen atoms in total. The van der Waals surface area contributed by atoms with Gasteiger partial charge in [-0.3, -0.25) is 14.3 Å². The number of aryl methyl sites for hydroxylation is 1. The summed E-state index contributed by atoms with van der Waals surface area (Å²) in [6, 6.07) is 2.19. The van der Waals surface area contributed by atoms with Crippen LogP contribution in [0, 0.1) is 23.1 Å². The second-order valence-corrected chi connectivity index (χ2v) is 10.3. The lowest BCUT2D eigenvalue weighted by molar-refractivity contribution is -0.121. The number of nitrogens with one attached hydrogen (secondary N) is 2. The molecule has 2 aromatic heterocycles. The maximum atomic E-state index is 14.9. The molecule has 188 valence electrons. The number of nitrogens with zero attached hydrogens (tertiary/aromatic N) is 4. The molecule has 1 saturated heterocycles. The molecule has 1 aliphatic heterocycles. The normalized spacial score (nSPS) is 21.1. The van der Waals surface area contributed by atoms with Crippen LogP contribution >= 0.6 is 0 Å². The highest BCUT2D eigenvalue weighted by Crippen LogP contribution is 2.58. The van der Waals surface area contributed by atoms with Gasteiger partial charge in [0, 0.05) is 32.4 Å². The van der Waals surface area contributed by atoms with E-state index in [0.29, 0.717) is 37.9 Å². The van der Waals surface area contributed by atoms with Crippen LogP contribution in [-0.2, 0) is 16.6 Å². The van der Waals surface area contributed by atoms with Crippen LogP contribution in [-0.4, -0.2) is 58.9 Å². The van der Waals surface area contributed by atoms with E-state index < -0.39 is 11.9 Å². The van der Waals surface area contributed by atoms with Gasteiger partial charge < -0.3 is 20.3 Å². The number of hydrogen-bond acceptors (Lipinski definition) is 6. The molecule has 3 aliphatic rings. The van der Waals surface area contributed by atoms with Gasteiger partial charge in [-0.2, -0.15) is 5.10 Å². The Bertz CT molecular complexity index is 1090. The molecule has 2 N–H and O–H groups in total. The van der Waals surface area contributed by atoms with Crippen molar-refractivity contribution in [2.75, 3.05) is 36.5 Å². The third kappa shape index (κ3) is 4.89. The minimum atomic E-state index is -0.739. The average Bonchev–Trinajstić information content (AvgIpc) is 3.40. The highest BCUT2D eigenvalue weighted by Gasteiger charge is 2.54. The van der Waals surface area contributed by atoms with Crippen molar-refractivity contribution < 1.29 is 18.7 Å². The van der Waals surface area contributed by atoms with E-state index in [0.717, 1.165) is 32.1 Å². The van der Waals surface area contributed by atoms with E-state index >= 15 is 0 Å². The highest BCUT2D eigenvalue weighted by atomic mass is 19.1. The van der Waals surface area contributed by atoms with Crippen molar-refractivity contribution >= 4 is 23.3 Å². The van der Waals surface area contributed by atoms with Gasteiger partial charge in [0.1, 0.15) is 11.7 Å². The summed E-state index contributed by atoms with van der Waals surface area (Å²) in [5, 5.41) is 9.92. The zero-order valence-corrected chi connectivity index (χ0v) is 20.3. The van der Waals surface area contributed by atoms with Crippen LogP contribution in [0.15, 0.2) is 24.5 Å². The van der Waals surface area contributed by atoms with E-state index in [1.165, 1.54) is 16.9 Å². The van der Waals surface area contributed by atoms with Gasteiger partial charge in [-0.1, -0.05) is 26.2 Å². The zero-order valence-electron chi connectivity index (χ0n) is 20.3. The first kappa shape index (κ1) is 23.7. The molecule has 35 heavy (non-hydrogen) atoms. The summed E-state index contributed by atoms with van der Waals surface area (Å²) in [6.07, 6.45) is 8.34. The fourth-order valence-electron chi connectivity index (χ4n) is 5.43. The first-order valence-corrected chi connectivity index (χ1v) is 12.4. The van der Waals surface area contributed by atoms with Crippen LogP contribution in [0.3, 0.4) is 0 Å². The molecular formula is C25H33FN6O3. The van der Waals surface area contributed by atoms with Crippen LogP contribution in [0.25, 0.3) is 0 Å². The predicted molar refractivity (Wildman–Crippen MR) is 128 cm³/mol. The number of carbonyl (C=O) groups excluding carboxylic acids is 2. The van der Waals surface area contributed by atoms with E-state index in [2.05, 4.69) is 27.6 Å². The Balaban J connectivity index is 1.38. The lowest BCUT2D eigenvalue weighted by Crippen LogP contribution is -2.54. The molecule has 2 saturated carbocycles. The van der Waals surface area contributed by atoms with Crippen molar-refractivity contribution in [2.24, 2.45) is 24.3 Å². The fourth-order valence-corrected chi connectivity index (χ4v) is 5.43. The summed E-state index contributed by atoms with van der Waals surface area (Å²) in [7, 11) is 1.69. The Hall–Kier alpha value is -3.01. The quantitative estimate of drug-likeness (QED) is 0.598. The Morgan fingerprint density at radius 2 is 2.00 bits per heavy atom. The maximum absolute atomic E-state index is 14.9. The average molecular weight is 485 g/mol. The summed E-state index contributed by atoms with van der Waals surface area (Å²) in [5.41, 5.74) is 0.674. The molecule has 0 aromatic carbocycles. The number of pyridine rings is 1. The Morgan fingerprint density at radius 3 is 2.57 bits per heavy atom. The van der Waals surface area contributed by atoms with Crippen molar-refractivity contribution in [3.8, 4) is 0 Å². The van der Waals surface area contributed by atoms with Crippen molar-refractivity contribution in [3.05, 3.63) is 36.0 Å². The lowest BCUT2D eigenvalue weighted by atomic mass is 9.66. The van der Waals surface area contributed by atoms with Crippen molar-refractivity contribution in [1.82, 2.24) is 20.1 Å². The Morgan fingerprint density at radius 1 is 1.26 bits per heavy atom. The molecule has 2 atom stereocenters. The van der Waals surface area contributed by atoms with Gasteiger partial charge in [-0.25, -0.2) is 9.37 Å². The first-order chi connectivity index (χ1) is 16.9. The molecule has 2 aliphatic carbocycles. The number of anilines is 2. The smallest absolute Gasteiger partial charge is 0.270 e. The van der Waals surface area contributed by atoms with Crippen LogP contribution in [0.2, 0.25) is 0 Å². The van der Waals surface area contributed by atoms with Gasteiger partial charge in [0.15, 0.2) is 11.6 Å². The summed E-state index contributed by atoms with van der Waals surface area (Å²) in [4.78, 5) is 32.9. The number of hydrogen-bond donors (Lipinski definition) is 2. The Labute approximate surface area is 204 Å². The number of amides is 2. The van der Waals surface area contributed by atoms with Crippen molar-refractivity contribution in [2.45, 2.75) is 45.1 Å². The number of ether oxygens (including phenoxy) is 1. The van der Waals surface area contributed by atoms with Crippen LogP contribution in [0.5, 0.6) is 0 Å². The van der Waals surface area contributed by atoms with E-state index in [9.17, 15) is 14.0 Å². The summed E-state index contributed by atoms with van der Waals surface area (Å²) < 4.78 is 21.7. The number of aromatic nitrogens is 3. The van der Waals surface area contributed by atoms with E-state index in [1.807, 2.05) is 4.90 Å². The monoisotopic (exact) mass is 484 g/mol. The highest BCUT2D eigenvalue weighted by molar-refractivity contribution is 6.00. The molecular weight excluding hydrogens is 451 g/mol. The van der Waals surface area contributed by atoms with E-state index in [4.69, 9.17) is 4.74 Å². The summed E-state index contributed by atoms with van der Waals surface area (Å²) >= 11 is 0. The molecule has 3 heterocycles. The molecule has 0 bridgehead atoms. The van der Waals surface area contributed by atoms with E-state index in [-0.39, 0.29) is 34.7 Å². The fraction of sp³-hybridized carbons (Fsp3) is 0.600. The van der Waals surface area contributed by atoms with Gasteiger partial charge in [-0.15, -0.1) is 0 Å². The zero-order chi connectivity index (χ0) is 24.6. The number of carbonyl (C=O) groups is 2. The lowest BCUT2D eigenvalue weighted by Gasteiger charge is -2.42. The molecule has 0 radical (unpaired) electrons.